The molecule has 0 saturated heterocycles. The molecule has 0 aliphatic carbocycles. The molecule has 1 aliphatic rings. The Bertz CT molecular complexity index is 1220. The summed E-state index contributed by atoms with van der Waals surface area (Å²) in [4.78, 5) is 36.6. The molecule has 14 heteroatoms. The standard InChI is InChI=1S/C15H13F3N4O5S2/c1-19-29(26,27)22-10(7-23)9-5-8(3-4-11(9)28-22)21-13(24)6-12(15(16,17)18)20(2)14(21)25/h3-7,10,19H,1-2H3. The Morgan fingerprint density at radius 1 is 1.21 bits per heavy atom. The molecule has 1 unspecified atom stereocenters. The number of carbonyl (C=O) groups is 1. The van der Waals surface area contributed by atoms with E-state index < -0.39 is 39.4 Å². The number of rotatable bonds is 4. The maximum atomic E-state index is 13.0. The maximum Gasteiger partial charge on any atom is 0.431 e. The van der Waals surface area contributed by atoms with Crippen molar-refractivity contribution < 1.29 is 26.4 Å². The molecule has 0 radical (unpaired) electrons. The van der Waals surface area contributed by atoms with E-state index >= 15 is 0 Å². The number of hydrogen-bond acceptors (Lipinski definition) is 6. The van der Waals surface area contributed by atoms with Crippen LogP contribution in [0.1, 0.15) is 17.3 Å². The molecule has 9 nitrogen and oxygen atoms in total. The number of fused-ring (bicyclic) bond motifs is 1. The summed E-state index contributed by atoms with van der Waals surface area (Å²) in [5, 5.41) is 0. The van der Waals surface area contributed by atoms with E-state index in [1.165, 1.54) is 18.2 Å². The van der Waals surface area contributed by atoms with E-state index in [-0.39, 0.29) is 11.3 Å². The van der Waals surface area contributed by atoms with Gasteiger partial charge in [0.05, 0.1) is 5.69 Å². The second-order valence-electron chi connectivity index (χ2n) is 5.90. The Hall–Kier alpha value is -2.42. The number of carbonyl (C=O) groups excluding carboxylic acids is 1. The van der Waals surface area contributed by atoms with Gasteiger partial charge in [-0.15, -0.1) is 3.71 Å². The fourth-order valence-electron chi connectivity index (χ4n) is 2.80. The van der Waals surface area contributed by atoms with Crippen LogP contribution in [0.4, 0.5) is 13.2 Å². The zero-order chi connectivity index (χ0) is 21.7. The normalized spacial score (nSPS) is 17.3. The van der Waals surface area contributed by atoms with Crippen molar-refractivity contribution in [3.63, 3.8) is 0 Å². The summed E-state index contributed by atoms with van der Waals surface area (Å²) in [6.07, 6.45) is -4.53. The molecule has 3 rings (SSSR count). The van der Waals surface area contributed by atoms with E-state index in [0.717, 1.165) is 29.8 Å². The molecule has 1 aromatic heterocycles. The highest BCUT2D eigenvalue weighted by atomic mass is 32.3. The van der Waals surface area contributed by atoms with Gasteiger partial charge < -0.3 is 4.79 Å². The van der Waals surface area contributed by atoms with Crippen LogP contribution < -0.4 is 16.0 Å². The zero-order valence-electron chi connectivity index (χ0n) is 14.8. The lowest BCUT2D eigenvalue weighted by Gasteiger charge is -2.17. The monoisotopic (exact) mass is 450 g/mol. The molecule has 2 heterocycles. The van der Waals surface area contributed by atoms with Crippen molar-refractivity contribution in [2.75, 3.05) is 7.05 Å². The van der Waals surface area contributed by atoms with Crippen LogP contribution in [0, 0.1) is 0 Å². The first-order valence-corrected chi connectivity index (χ1v) is 10.0. The van der Waals surface area contributed by atoms with Gasteiger partial charge in [-0.3, -0.25) is 9.36 Å². The molecule has 2 aromatic rings. The summed E-state index contributed by atoms with van der Waals surface area (Å²) in [7, 11) is -1.95. The summed E-state index contributed by atoms with van der Waals surface area (Å²) < 4.78 is 66.9. The Balaban J connectivity index is 2.18. The average molecular weight is 450 g/mol. The molecule has 29 heavy (non-hydrogen) atoms. The van der Waals surface area contributed by atoms with Gasteiger partial charge in [0, 0.05) is 25.1 Å². The molecule has 0 fully saturated rings. The molecule has 0 amide bonds. The van der Waals surface area contributed by atoms with Gasteiger partial charge in [-0.1, -0.05) is 0 Å². The Morgan fingerprint density at radius 3 is 2.41 bits per heavy atom. The quantitative estimate of drug-likeness (QED) is 0.539. The second-order valence-corrected chi connectivity index (χ2v) is 8.90. The predicted octanol–water partition coefficient (Wildman–Crippen LogP) is 0.582. The molecular weight excluding hydrogens is 437 g/mol. The van der Waals surface area contributed by atoms with Crippen molar-refractivity contribution >= 4 is 28.4 Å². The topological polar surface area (TPSA) is 110 Å². The third kappa shape index (κ3) is 3.52. The molecule has 1 N–H and O–H groups in total. The molecular formula is C15H13F3N4O5S2. The third-order valence-corrected chi connectivity index (χ3v) is 7.22. The van der Waals surface area contributed by atoms with Gasteiger partial charge in [0.25, 0.3) is 15.8 Å². The van der Waals surface area contributed by atoms with Crippen molar-refractivity contribution in [2.45, 2.75) is 17.1 Å². The summed E-state index contributed by atoms with van der Waals surface area (Å²) >= 11 is 0.754. The van der Waals surface area contributed by atoms with Crippen LogP contribution in [-0.2, 0) is 28.2 Å². The highest BCUT2D eigenvalue weighted by Gasteiger charge is 2.39. The SMILES string of the molecule is CNS(=O)(=O)N1Sc2ccc(-n3c(=O)cc(C(F)(F)F)n(C)c3=O)cc2C1C=O. The lowest BCUT2D eigenvalue weighted by Crippen LogP contribution is -2.40. The molecule has 0 spiro atoms. The molecule has 156 valence electrons. The van der Waals surface area contributed by atoms with Gasteiger partial charge in [-0.25, -0.2) is 14.1 Å². The van der Waals surface area contributed by atoms with E-state index in [1.54, 1.807) is 0 Å². The van der Waals surface area contributed by atoms with Crippen LogP contribution in [0.15, 0.2) is 38.8 Å². The number of alkyl halides is 3. The van der Waals surface area contributed by atoms with Crippen molar-refractivity contribution in [3.05, 3.63) is 56.4 Å². The van der Waals surface area contributed by atoms with Crippen LogP contribution in [0.25, 0.3) is 5.69 Å². The van der Waals surface area contributed by atoms with E-state index in [9.17, 15) is 36.0 Å². The van der Waals surface area contributed by atoms with Gasteiger partial charge in [0.1, 0.15) is 18.0 Å². The summed E-state index contributed by atoms with van der Waals surface area (Å²) in [5.41, 5.74) is -3.77. The van der Waals surface area contributed by atoms with Crippen molar-refractivity contribution in [3.8, 4) is 5.69 Å². The highest BCUT2D eigenvalue weighted by molar-refractivity contribution is 8.08. The molecule has 1 aliphatic heterocycles. The number of benzene rings is 1. The van der Waals surface area contributed by atoms with Gasteiger partial charge in [-0.05, 0) is 35.7 Å². The van der Waals surface area contributed by atoms with E-state index in [1.807, 2.05) is 0 Å². The van der Waals surface area contributed by atoms with Crippen LogP contribution in [0.2, 0.25) is 0 Å². The summed E-state index contributed by atoms with van der Waals surface area (Å²) in [6.45, 7) is 0. The van der Waals surface area contributed by atoms with Crippen LogP contribution in [0.5, 0.6) is 0 Å². The number of halogens is 3. The largest absolute Gasteiger partial charge is 0.431 e. The minimum absolute atomic E-state index is 0.0979. The predicted molar refractivity (Wildman–Crippen MR) is 96.8 cm³/mol. The first kappa shape index (κ1) is 21.3. The summed E-state index contributed by atoms with van der Waals surface area (Å²) in [6, 6.07) is 2.92. The second kappa shape index (κ2) is 7.12. The van der Waals surface area contributed by atoms with Gasteiger partial charge in [0.2, 0.25) is 0 Å². The fraction of sp³-hybridized carbons (Fsp3) is 0.267. The van der Waals surface area contributed by atoms with Crippen molar-refractivity contribution in [1.29, 1.82) is 0 Å². The highest BCUT2D eigenvalue weighted by Crippen LogP contribution is 2.45. The third-order valence-electron chi connectivity index (χ3n) is 4.22. The maximum absolute atomic E-state index is 13.0. The first-order valence-electron chi connectivity index (χ1n) is 7.83. The fourth-order valence-corrected chi connectivity index (χ4v) is 5.19. The molecule has 1 atom stereocenters. The molecule has 0 saturated carbocycles. The van der Waals surface area contributed by atoms with E-state index in [4.69, 9.17) is 0 Å². The Kier molecular flexibility index (Phi) is 5.23. The van der Waals surface area contributed by atoms with E-state index in [2.05, 4.69) is 4.72 Å². The lowest BCUT2D eigenvalue weighted by atomic mass is 10.1. The zero-order valence-corrected chi connectivity index (χ0v) is 16.4. The number of nitrogens with one attached hydrogen (secondary N) is 1. The van der Waals surface area contributed by atoms with Crippen LogP contribution >= 0.6 is 11.9 Å². The number of aldehydes is 1. The first-order chi connectivity index (χ1) is 13.4. The lowest BCUT2D eigenvalue weighted by molar-refractivity contribution is -0.144. The van der Waals surface area contributed by atoms with Crippen molar-refractivity contribution in [1.82, 2.24) is 17.6 Å². The smallest absolute Gasteiger partial charge is 0.301 e. The van der Waals surface area contributed by atoms with Gasteiger partial charge >= 0.3 is 11.9 Å². The number of nitrogens with zero attached hydrogens (tertiary/aromatic N) is 3. The van der Waals surface area contributed by atoms with E-state index in [0.29, 0.717) is 26.4 Å². The van der Waals surface area contributed by atoms with Gasteiger partial charge in [0.15, 0.2) is 0 Å². The average Bonchev–Trinajstić information content (AvgIpc) is 3.02. The molecule has 0 bridgehead atoms. The minimum Gasteiger partial charge on any atom is -0.301 e. The Labute approximate surface area is 166 Å². The Morgan fingerprint density at radius 2 is 1.86 bits per heavy atom. The van der Waals surface area contributed by atoms with Crippen molar-refractivity contribution in [2.24, 2.45) is 7.05 Å². The number of aromatic nitrogens is 2. The van der Waals surface area contributed by atoms with Crippen LogP contribution in [-0.4, -0.2) is 34.6 Å². The molecule has 1 aromatic carbocycles. The van der Waals surface area contributed by atoms with Gasteiger partial charge in [-0.2, -0.15) is 21.6 Å². The minimum atomic E-state index is -4.90. The van der Waals surface area contributed by atoms with Crippen LogP contribution in [0.3, 0.4) is 0 Å². The number of hydrogen-bond donors (Lipinski definition) is 1. The summed E-state index contributed by atoms with van der Waals surface area (Å²) in [5.74, 6) is 0.